The number of aliphatic imine (C=N–C) groups is 1. The zero-order valence-electron chi connectivity index (χ0n) is 10.7. The minimum Gasteiger partial charge on any atom is -0.506 e. The van der Waals surface area contributed by atoms with Crippen LogP contribution < -0.4 is 0 Å². The predicted octanol–water partition coefficient (Wildman–Crippen LogP) is 4.86. The average molecular weight is 318 g/mol. The van der Waals surface area contributed by atoms with E-state index in [4.69, 9.17) is 23.2 Å². The molecule has 0 saturated heterocycles. The molecule has 1 N–H and O–H groups in total. The lowest BCUT2D eigenvalue weighted by Gasteiger charge is -1.97. The van der Waals surface area contributed by atoms with Gasteiger partial charge in [0.2, 0.25) is 0 Å². The Balaban J connectivity index is 1.98. The molecule has 2 aromatic rings. The number of aliphatic hydroxyl groups excluding tert-OH is 1. The van der Waals surface area contributed by atoms with Crippen molar-refractivity contribution in [2.75, 3.05) is 0 Å². The molecule has 0 amide bonds. The molecular weight excluding hydrogens is 309 g/mol. The van der Waals surface area contributed by atoms with Gasteiger partial charge in [-0.3, -0.25) is 9.79 Å². The highest BCUT2D eigenvalue weighted by atomic mass is 35.5. The van der Waals surface area contributed by atoms with E-state index in [-0.39, 0.29) is 17.1 Å². The number of benzene rings is 2. The van der Waals surface area contributed by atoms with E-state index >= 15 is 0 Å². The van der Waals surface area contributed by atoms with E-state index in [1.165, 1.54) is 6.21 Å². The van der Waals surface area contributed by atoms with Crippen molar-refractivity contribution in [2.45, 2.75) is 0 Å². The second kappa shape index (κ2) is 5.35. The molecule has 3 nitrogen and oxygen atoms in total. The number of Topliss-reactive ketones (excluding diaryl/α,β-unsaturated/α-hetero) is 1. The number of carbonyl (C=O) groups is 1. The van der Waals surface area contributed by atoms with Crippen LogP contribution in [0.5, 0.6) is 0 Å². The van der Waals surface area contributed by atoms with Gasteiger partial charge in [-0.15, -0.1) is 0 Å². The zero-order chi connectivity index (χ0) is 15.0. The third kappa shape index (κ3) is 2.58. The summed E-state index contributed by atoms with van der Waals surface area (Å²) in [4.78, 5) is 16.4. The van der Waals surface area contributed by atoms with E-state index in [2.05, 4.69) is 4.99 Å². The Labute approximate surface area is 131 Å². The second-order valence-electron chi connectivity index (χ2n) is 4.52. The van der Waals surface area contributed by atoms with Gasteiger partial charge >= 0.3 is 0 Å². The second-order valence-corrected chi connectivity index (χ2v) is 5.40. The zero-order valence-corrected chi connectivity index (χ0v) is 12.2. The number of halogens is 2. The lowest BCUT2D eigenvalue weighted by atomic mass is 10.1. The fourth-order valence-electron chi connectivity index (χ4n) is 2.16. The van der Waals surface area contributed by atoms with Crippen LogP contribution in [0.2, 0.25) is 10.0 Å². The van der Waals surface area contributed by atoms with Crippen molar-refractivity contribution in [2.24, 2.45) is 4.99 Å². The Morgan fingerprint density at radius 1 is 1.00 bits per heavy atom. The third-order valence-corrected chi connectivity index (χ3v) is 3.55. The van der Waals surface area contributed by atoms with Crippen molar-refractivity contribution >= 4 is 46.6 Å². The van der Waals surface area contributed by atoms with Crippen LogP contribution in [0.3, 0.4) is 0 Å². The van der Waals surface area contributed by atoms with Crippen LogP contribution in [-0.4, -0.2) is 17.1 Å². The highest BCUT2D eigenvalue weighted by molar-refractivity contribution is 6.35. The van der Waals surface area contributed by atoms with Gasteiger partial charge in [-0.05, 0) is 18.2 Å². The molecule has 0 radical (unpaired) electrons. The molecule has 1 aliphatic rings. The SMILES string of the molecule is O=C1C(C=Nc2cc(Cl)cc(Cl)c2)=C(O)c2ccccc21. The number of aliphatic hydroxyl groups is 1. The summed E-state index contributed by atoms with van der Waals surface area (Å²) in [5, 5.41) is 11.0. The lowest BCUT2D eigenvalue weighted by molar-refractivity contribution is 0.104. The van der Waals surface area contributed by atoms with E-state index in [9.17, 15) is 9.90 Å². The van der Waals surface area contributed by atoms with Crippen molar-refractivity contribution in [3.8, 4) is 0 Å². The first kappa shape index (κ1) is 13.9. The fraction of sp³-hybridized carbons (Fsp3) is 0. The summed E-state index contributed by atoms with van der Waals surface area (Å²) in [7, 11) is 0. The molecule has 0 atom stereocenters. The molecule has 0 unspecified atom stereocenters. The number of rotatable bonds is 2. The van der Waals surface area contributed by atoms with Crippen LogP contribution in [0.1, 0.15) is 15.9 Å². The number of fused-ring (bicyclic) bond motifs is 1. The number of allylic oxidation sites excluding steroid dienone is 1. The van der Waals surface area contributed by atoms with Crippen LogP contribution in [0.25, 0.3) is 5.76 Å². The van der Waals surface area contributed by atoms with Crippen LogP contribution in [0, 0.1) is 0 Å². The first-order chi connectivity index (χ1) is 10.1. The van der Waals surface area contributed by atoms with E-state index in [0.29, 0.717) is 26.9 Å². The summed E-state index contributed by atoms with van der Waals surface area (Å²) in [6, 6.07) is 11.7. The fourth-order valence-corrected chi connectivity index (χ4v) is 2.67. The maximum atomic E-state index is 12.2. The monoisotopic (exact) mass is 317 g/mol. The number of carbonyl (C=O) groups excluding carboxylic acids is 1. The van der Waals surface area contributed by atoms with Crippen molar-refractivity contribution < 1.29 is 9.90 Å². The predicted molar refractivity (Wildman–Crippen MR) is 84.9 cm³/mol. The molecule has 104 valence electrons. The highest BCUT2D eigenvalue weighted by Gasteiger charge is 2.27. The van der Waals surface area contributed by atoms with E-state index in [1.54, 1.807) is 42.5 Å². The van der Waals surface area contributed by atoms with Gasteiger partial charge in [0, 0.05) is 27.4 Å². The molecule has 1 aliphatic carbocycles. The molecule has 0 aromatic heterocycles. The van der Waals surface area contributed by atoms with Gasteiger partial charge < -0.3 is 5.11 Å². The third-order valence-electron chi connectivity index (χ3n) is 3.12. The van der Waals surface area contributed by atoms with Crippen LogP contribution in [-0.2, 0) is 0 Å². The molecule has 0 saturated carbocycles. The molecule has 3 rings (SSSR count). The molecule has 5 heteroatoms. The Kier molecular flexibility index (Phi) is 3.53. The summed E-state index contributed by atoms with van der Waals surface area (Å²) in [5.41, 5.74) is 1.66. The first-order valence-electron chi connectivity index (χ1n) is 6.14. The molecule has 0 heterocycles. The molecule has 0 fully saturated rings. The quantitative estimate of drug-likeness (QED) is 0.804. The Morgan fingerprint density at radius 2 is 1.62 bits per heavy atom. The number of hydrogen-bond donors (Lipinski definition) is 1. The normalized spacial score (nSPS) is 14.1. The molecule has 0 aliphatic heterocycles. The molecule has 0 spiro atoms. The maximum Gasteiger partial charge on any atom is 0.199 e. The number of ketones is 1. The summed E-state index contributed by atoms with van der Waals surface area (Å²) in [6.07, 6.45) is 1.33. The Hall–Kier alpha value is -2.10. The Bertz CT molecular complexity index is 789. The van der Waals surface area contributed by atoms with Gasteiger partial charge in [-0.25, -0.2) is 0 Å². The molecule has 0 bridgehead atoms. The molecule has 21 heavy (non-hydrogen) atoms. The van der Waals surface area contributed by atoms with Crippen molar-refractivity contribution in [3.05, 3.63) is 69.2 Å². The first-order valence-corrected chi connectivity index (χ1v) is 6.89. The largest absolute Gasteiger partial charge is 0.506 e. The van der Waals surface area contributed by atoms with Crippen LogP contribution in [0.15, 0.2) is 53.0 Å². The number of hydrogen-bond acceptors (Lipinski definition) is 3. The van der Waals surface area contributed by atoms with Gasteiger partial charge in [0.25, 0.3) is 0 Å². The van der Waals surface area contributed by atoms with Crippen molar-refractivity contribution in [3.63, 3.8) is 0 Å². The van der Waals surface area contributed by atoms with Crippen LogP contribution >= 0.6 is 23.2 Å². The summed E-state index contributed by atoms with van der Waals surface area (Å²) < 4.78 is 0. The Morgan fingerprint density at radius 3 is 2.24 bits per heavy atom. The van der Waals surface area contributed by atoms with Gasteiger partial charge in [0.05, 0.1) is 11.3 Å². The molecular formula is C16H9Cl2NO2. The van der Waals surface area contributed by atoms with Crippen molar-refractivity contribution in [1.82, 2.24) is 0 Å². The van der Waals surface area contributed by atoms with Gasteiger partial charge in [0.1, 0.15) is 5.76 Å². The van der Waals surface area contributed by atoms with E-state index in [0.717, 1.165) is 0 Å². The maximum absolute atomic E-state index is 12.2. The summed E-state index contributed by atoms with van der Waals surface area (Å²) in [5.74, 6) is -0.313. The molecule has 2 aromatic carbocycles. The van der Waals surface area contributed by atoms with E-state index < -0.39 is 0 Å². The van der Waals surface area contributed by atoms with Gasteiger partial charge in [0.15, 0.2) is 5.78 Å². The minimum atomic E-state index is -0.250. The topological polar surface area (TPSA) is 49.7 Å². The van der Waals surface area contributed by atoms with Crippen LogP contribution in [0.4, 0.5) is 5.69 Å². The number of nitrogens with zero attached hydrogens (tertiary/aromatic N) is 1. The average Bonchev–Trinajstić information content (AvgIpc) is 2.69. The summed E-state index contributed by atoms with van der Waals surface area (Å²) in [6.45, 7) is 0. The van der Waals surface area contributed by atoms with Crippen molar-refractivity contribution in [1.29, 1.82) is 0 Å². The summed E-state index contributed by atoms with van der Waals surface area (Å²) >= 11 is 11.8. The lowest BCUT2D eigenvalue weighted by Crippen LogP contribution is -1.99. The van der Waals surface area contributed by atoms with E-state index in [1.807, 2.05) is 0 Å². The standard InChI is InChI=1S/C16H9Cl2NO2/c17-9-5-10(18)7-11(6-9)19-8-14-15(20)12-3-1-2-4-13(12)16(14)21/h1-8,20H. The van der Waals surface area contributed by atoms with Gasteiger partial charge in [-0.1, -0.05) is 47.5 Å². The van der Waals surface area contributed by atoms with Gasteiger partial charge in [-0.2, -0.15) is 0 Å². The minimum absolute atomic E-state index is 0.0625. The smallest absolute Gasteiger partial charge is 0.199 e. The highest BCUT2D eigenvalue weighted by Crippen LogP contribution is 2.31.